The van der Waals surface area contributed by atoms with Crippen molar-refractivity contribution >= 4 is 28.0 Å². The van der Waals surface area contributed by atoms with Crippen molar-refractivity contribution in [3.63, 3.8) is 0 Å². The van der Waals surface area contributed by atoms with E-state index in [0.717, 1.165) is 29.0 Å². The van der Waals surface area contributed by atoms with Gasteiger partial charge in [0.1, 0.15) is 4.88 Å². The van der Waals surface area contributed by atoms with Crippen LogP contribution in [0.25, 0.3) is 16.2 Å². The second kappa shape index (κ2) is 5.81. The molecule has 118 valence electrons. The molecular formula is C15H13N3O4S. The van der Waals surface area contributed by atoms with E-state index in [-0.39, 0.29) is 5.69 Å². The molecule has 0 atom stereocenters. The Morgan fingerprint density at radius 3 is 2.65 bits per heavy atom. The number of hydrogen-bond donors (Lipinski definition) is 1. The number of carboxylic acid groups (broad SMARTS) is 1. The molecule has 0 aliphatic rings. The number of aromatic nitrogens is 2. The van der Waals surface area contributed by atoms with E-state index < -0.39 is 10.9 Å². The van der Waals surface area contributed by atoms with Crippen molar-refractivity contribution in [2.75, 3.05) is 0 Å². The lowest BCUT2D eigenvalue weighted by atomic mass is 10.1. The van der Waals surface area contributed by atoms with Gasteiger partial charge in [0.2, 0.25) is 0 Å². The monoisotopic (exact) mass is 331 g/mol. The molecule has 8 heteroatoms. The second-order valence-electron chi connectivity index (χ2n) is 5.02. The number of carbonyl (C=O) groups is 1. The number of non-ortho nitro benzene ring substituents is 1. The van der Waals surface area contributed by atoms with E-state index in [0.29, 0.717) is 22.0 Å². The summed E-state index contributed by atoms with van der Waals surface area (Å²) in [4.78, 5) is 26.9. The summed E-state index contributed by atoms with van der Waals surface area (Å²) < 4.78 is 1.80. The maximum Gasteiger partial charge on any atom is 0.347 e. The van der Waals surface area contributed by atoms with Crippen LogP contribution in [-0.4, -0.2) is 25.4 Å². The van der Waals surface area contributed by atoms with Gasteiger partial charge in [-0.15, -0.1) is 0 Å². The summed E-state index contributed by atoms with van der Waals surface area (Å²) in [5, 5.41) is 20.0. The Labute approximate surface area is 135 Å². The lowest BCUT2D eigenvalue weighted by Crippen LogP contribution is -2.00. The third-order valence-electron chi connectivity index (χ3n) is 3.47. The third-order valence-corrected chi connectivity index (χ3v) is 4.56. The number of nitro groups is 1. The highest BCUT2D eigenvalue weighted by Gasteiger charge is 2.19. The quantitative estimate of drug-likeness (QED) is 0.569. The van der Waals surface area contributed by atoms with Crippen molar-refractivity contribution in [1.29, 1.82) is 0 Å². The first-order valence-electron chi connectivity index (χ1n) is 7.00. The Kier molecular flexibility index (Phi) is 3.83. The van der Waals surface area contributed by atoms with E-state index in [2.05, 4.69) is 4.98 Å². The molecule has 3 rings (SSSR count). The van der Waals surface area contributed by atoms with Crippen molar-refractivity contribution in [2.24, 2.45) is 0 Å². The largest absolute Gasteiger partial charge is 0.477 e. The molecule has 0 saturated carbocycles. The predicted octanol–water partition coefficient (Wildman–Crippen LogP) is 3.62. The molecule has 0 aliphatic heterocycles. The molecule has 3 aromatic rings. The fraction of sp³-hybridized carbons (Fsp3) is 0.200. The van der Waals surface area contributed by atoms with Gasteiger partial charge in [-0.2, -0.15) is 0 Å². The van der Waals surface area contributed by atoms with Gasteiger partial charge < -0.3 is 5.11 Å². The third kappa shape index (κ3) is 2.68. The first kappa shape index (κ1) is 15.2. The van der Waals surface area contributed by atoms with Crippen LogP contribution in [0.1, 0.15) is 28.7 Å². The first-order chi connectivity index (χ1) is 11.0. The minimum atomic E-state index is -0.944. The van der Waals surface area contributed by atoms with Gasteiger partial charge in [0, 0.05) is 29.6 Å². The zero-order valence-electron chi connectivity index (χ0n) is 12.2. The fourth-order valence-corrected chi connectivity index (χ4v) is 3.41. The molecule has 0 spiro atoms. The van der Waals surface area contributed by atoms with Crippen LogP contribution < -0.4 is 0 Å². The minimum absolute atomic E-state index is 0.0228. The number of imidazole rings is 1. The van der Waals surface area contributed by atoms with Crippen LogP contribution in [-0.2, 0) is 6.42 Å². The summed E-state index contributed by atoms with van der Waals surface area (Å²) >= 11 is 1.14. The fourth-order valence-electron chi connectivity index (χ4n) is 2.42. The van der Waals surface area contributed by atoms with Crippen LogP contribution in [0.4, 0.5) is 5.69 Å². The van der Waals surface area contributed by atoms with Gasteiger partial charge in [-0.25, -0.2) is 9.78 Å². The van der Waals surface area contributed by atoms with Gasteiger partial charge in [-0.05, 0) is 18.6 Å². The number of hydrogen-bond acceptors (Lipinski definition) is 5. The molecule has 0 fully saturated rings. The topological polar surface area (TPSA) is 97.7 Å². The zero-order valence-corrected chi connectivity index (χ0v) is 13.0. The average Bonchev–Trinajstić information content (AvgIpc) is 3.07. The van der Waals surface area contributed by atoms with E-state index in [1.807, 2.05) is 6.92 Å². The van der Waals surface area contributed by atoms with Gasteiger partial charge in [0.05, 0.1) is 10.6 Å². The number of rotatable bonds is 5. The SMILES string of the molecule is CCCc1c(C(=O)O)sc2nc(-c3ccc([N+](=O)[O-])cc3)cn12. The van der Waals surface area contributed by atoms with Crippen molar-refractivity contribution < 1.29 is 14.8 Å². The van der Waals surface area contributed by atoms with Gasteiger partial charge in [0.25, 0.3) is 5.69 Å². The Hall–Kier alpha value is -2.74. The highest BCUT2D eigenvalue weighted by atomic mass is 32.1. The van der Waals surface area contributed by atoms with E-state index in [1.165, 1.54) is 12.1 Å². The molecule has 0 aliphatic carbocycles. The number of nitro benzene ring substituents is 1. The van der Waals surface area contributed by atoms with Gasteiger partial charge >= 0.3 is 5.97 Å². The number of benzene rings is 1. The van der Waals surface area contributed by atoms with Crippen LogP contribution in [0.3, 0.4) is 0 Å². The van der Waals surface area contributed by atoms with Crippen LogP contribution in [0.2, 0.25) is 0 Å². The van der Waals surface area contributed by atoms with E-state index in [1.54, 1.807) is 22.7 Å². The highest BCUT2D eigenvalue weighted by molar-refractivity contribution is 7.19. The molecule has 23 heavy (non-hydrogen) atoms. The van der Waals surface area contributed by atoms with E-state index in [9.17, 15) is 20.0 Å². The molecule has 1 N–H and O–H groups in total. The summed E-state index contributed by atoms with van der Waals surface area (Å²) in [6.07, 6.45) is 3.26. The van der Waals surface area contributed by atoms with Gasteiger partial charge in [0.15, 0.2) is 4.96 Å². The molecule has 1 aromatic carbocycles. The average molecular weight is 331 g/mol. The Morgan fingerprint density at radius 2 is 2.09 bits per heavy atom. The molecule has 2 heterocycles. The Morgan fingerprint density at radius 1 is 1.39 bits per heavy atom. The Balaban J connectivity index is 2.06. The molecular weight excluding hydrogens is 318 g/mol. The molecule has 0 bridgehead atoms. The van der Waals surface area contributed by atoms with Crippen LogP contribution in [0.5, 0.6) is 0 Å². The molecule has 0 saturated heterocycles. The minimum Gasteiger partial charge on any atom is -0.477 e. The van der Waals surface area contributed by atoms with E-state index in [4.69, 9.17) is 0 Å². The maximum absolute atomic E-state index is 11.3. The molecule has 0 radical (unpaired) electrons. The smallest absolute Gasteiger partial charge is 0.347 e. The molecule has 2 aromatic heterocycles. The standard InChI is InChI=1S/C15H13N3O4S/c1-2-3-12-13(14(19)20)23-15-16-11(8-17(12)15)9-4-6-10(7-5-9)18(21)22/h4-8H,2-3H2,1H3,(H,19,20). The summed E-state index contributed by atoms with van der Waals surface area (Å²) in [6, 6.07) is 6.14. The summed E-state index contributed by atoms with van der Waals surface area (Å²) in [5.41, 5.74) is 2.18. The number of fused-ring (bicyclic) bond motifs is 1. The lowest BCUT2D eigenvalue weighted by Gasteiger charge is -1.99. The summed E-state index contributed by atoms with van der Waals surface area (Å²) in [7, 11) is 0. The molecule has 0 unspecified atom stereocenters. The summed E-state index contributed by atoms with van der Waals surface area (Å²) in [5.74, 6) is -0.944. The van der Waals surface area contributed by atoms with Crippen LogP contribution >= 0.6 is 11.3 Å². The number of thiazole rings is 1. The van der Waals surface area contributed by atoms with E-state index >= 15 is 0 Å². The van der Waals surface area contributed by atoms with Crippen LogP contribution in [0, 0.1) is 10.1 Å². The predicted molar refractivity (Wildman–Crippen MR) is 86.1 cm³/mol. The zero-order chi connectivity index (χ0) is 16.6. The molecule has 0 amide bonds. The maximum atomic E-state index is 11.3. The normalized spacial score (nSPS) is 11.0. The number of nitrogens with zero attached hydrogens (tertiary/aromatic N) is 3. The lowest BCUT2D eigenvalue weighted by molar-refractivity contribution is -0.384. The van der Waals surface area contributed by atoms with Gasteiger partial charge in [-0.1, -0.05) is 24.7 Å². The Bertz CT molecular complexity index is 895. The van der Waals surface area contributed by atoms with Crippen molar-refractivity contribution in [3.8, 4) is 11.3 Å². The number of carboxylic acids is 1. The number of aryl methyl sites for hydroxylation is 1. The first-order valence-corrected chi connectivity index (χ1v) is 7.81. The van der Waals surface area contributed by atoms with Gasteiger partial charge in [-0.3, -0.25) is 14.5 Å². The second-order valence-corrected chi connectivity index (χ2v) is 5.99. The van der Waals surface area contributed by atoms with Crippen molar-refractivity contribution in [3.05, 3.63) is 51.1 Å². The van der Waals surface area contributed by atoms with Crippen LogP contribution in [0.15, 0.2) is 30.5 Å². The van der Waals surface area contributed by atoms with Crippen molar-refractivity contribution in [1.82, 2.24) is 9.38 Å². The number of aromatic carboxylic acids is 1. The molecule has 7 nitrogen and oxygen atoms in total. The van der Waals surface area contributed by atoms with Crippen molar-refractivity contribution in [2.45, 2.75) is 19.8 Å². The summed E-state index contributed by atoms with van der Waals surface area (Å²) in [6.45, 7) is 1.99. The highest BCUT2D eigenvalue weighted by Crippen LogP contribution is 2.29.